The molecule has 0 bridgehead atoms. The van der Waals surface area contributed by atoms with Gasteiger partial charge in [0.15, 0.2) is 5.96 Å². The number of nitrogens with one attached hydrogen (secondary N) is 2. The molecule has 0 saturated carbocycles. The van der Waals surface area contributed by atoms with E-state index in [2.05, 4.69) is 35.4 Å². The number of hydrogen-bond acceptors (Lipinski definition) is 6. The first-order valence-corrected chi connectivity index (χ1v) is 9.60. The summed E-state index contributed by atoms with van der Waals surface area (Å²) < 4.78 is 5.34. The van der Waals surface area contributed by atoms with Crippen molar-refractivity contribution < 1.29 is 4.74 Å². The first kappa shape index (κ1) is 20.4. The first-order chi connectivity index (χ1) is 12.8. The lowest BCUT2D eigenvalue weighted by Crippen LogP contribution is -2.49. The van der Waals surface area contributed by atoms with Gasteiger partial charge in [-0.3, -0.25) is 9.89 Å². The fourth-order valence-corrected chi connectivity index (χ4v) is 2.86. The minimum absolute atomic E-state index is 0.795. The zero-order valence-corrected chi connectivity index (χ0v) is 16.2. The van der Waals surface area contributed by atoms with Crippen LogP contribution in [0.1, 0.15) is 19.8 Å². The van der Waals surface area contributed by atoms with Gasteiger partial charge >= 0.3 is 0 Å². The van der Waals surface area contributed by atoms with Crippen LogP contribution in [0.4, 0.5) is 5.95 Å². The molecule has 146 valence electrons. The van der Waals surface area contributed by atoms with E-state index in [-0.39, 0.29) is 0 Å². The lowest BCUT2D eigenvalue weighted by Gasteiger charge is -2.34. The zero-order valence-electron chi connectivity index (χ0n) is 16.2. The van der Waals surface area contributed by atoms with E-state index >= 15 is 0 Å². The fraction of sp³-hybridized carbons (Fsp3) is 0.722. The number of guanidine groups is 1. The number of hydrogen-bond donors (Lipinski definition) is 2. The lowest BCUT2D eigenvalue weighted by atomic mass is 10.3. The Morgan fingerprint density at radius 3 is 2.54 bits per heavy atom. The number of unbranched alkanes of at least 4 members (excludes halogenated alkanes) is 1. The molecule has 0 unspecified atom stereocenters. The molecule has 0 atom stereocenters. The maximum absolute atomic E-state index is 5.34. The Morgan fingerprint density at radius 2 is 1.85 bits per heavy atom. The molecule has 2 heterocycles. The van der Waals surface area contributed by atoms with E-state index in [1.165, 1.54) is 0 Å². The van der Waals surface area contributed by atoms with Crippen molar-refractivity contribution in [3.8, 4) is 0 Å². The van der Waals surface area contributed by atoms with Crippen LogP contribution in [0.25, 0.3) is 0 Å². The molecule has 2 N–H and O–H groups in total. The van der Waals surface area contributed by atoms with Crippen molar-refractivity contribution in [1.82, 2.24) is 25.5 Å². The molecule has 1 fully saturated rings. The summed E-state index contributed by atoms with van der Waals surface area (Å²) in [4.78, 5) is 17.6. The van der Waals surface area contributed by atoms with Crippen molar-refractivity contribution in [3.05, 3.63) is 18.5 Å². The van der Waals surface area contributed by atoms with Gasteiger partial charge in [-0.15, -0.1) is 0 Å². The van der Waals surface area contributed by atoms with Crippen LogP contribution in [0, 0.1) is 0 Å². The normalized spacial score (nSPS) is 15.9. The summed E-state index contributed by atoms with van der Waals surface area (Å²) in [5, 5.41) is 6.74. The summed E-state index contributed by atoms with van der Waals surface area (Å²) in [6.07, 6.45) is 5.76. The van der Waals surface area contributed by atoms with Gasteiger partial charge in [0.2, 0.25) is 5.95 Å². The van der Waals surface area contributed by atoms with E-state index in [1.807, 2.05) is 20.0 Å². The van der Waals surface area contributed by atoms with Gasteiger partial charge in [-0.25, -0.2) is 9.97 Å². The van der Waals surface area contributed by atoms with Crippen molar-refractivity contribution >= 4 is 11.9 Å². The molecular weight excluding hydrogens is 330 g/mol. The van der Waals surface area contributed by atoms with Gasteiger partial charge in [0.25, 0.3) is 0 Å². The van der Waals surface area contributed by atoms with Crippen LogP contribution >= 0.6 is 0 Å². The summed E-state index contributed by atoms with van der Waals surface area (Å²) in [6.45, 7) is 10.5. The topological polar surface area (TPSA) is 77.9 Å². The quantitative estimate of drug-likeness (QED) is 0.358. The number of ether oxygens (including phenoxy) is 1. The molecule has 8 heteroatoms. The summed E-state index contributed by atoms with van der Waals surface area (Å²) >= 11 is 0. The molecule has 0 aliphatic carbocycles. The van der Waals surface area contributed by atoms with Crippen molar-refractivity contribution in [2.75, 3.05) is 71.0 Å². The molecule has 1 aromatic heterocycles. The molecule has 1 saturated heterocycles. The van der Waals surface area contributed by atoms with Gasteiger partial charge in [0.1, 0.15) is 0 Å². The SMILES string of the molecule is CCOCCCCNC(=NC)NCCN1CCN(c2ncccn2)CC1. The Bertz CT molecular complexity index is 504. The number of aliphatic imine (C=N–C) groups is 1. The Morgan fingerprint density at radius 1 is 1.12 bits per heavy atom. The third kappa shape index (κ3) is 7.53. The van der Waals surface area contributed by atoms with E-state index in [0.717, 1.165) is 83.8 Å². The highest BCUT2D eigenvalue weighted by Gasteiger charge is 2.18. The largest absolute Gasteiger partial charge is 0.382 e. The highest BCUT2D eigenvalue weighted by molar-refractivity contribution is 5.79. The molecule has 1 aromatic rings. The van der Waals surface area contributed by atoms with Crippen molar-refractivity contribution in [3.63, 3.8) is 0 Å². The molecule has 0 aromatic carbocycles. The van der Waals surface area contributed by atoms with Crippen LogP contribution < -0.4 is 15.5 Å². The predicted octanol–water partition coefficient (Wildman–Crippen LogP) is 0.580. The first-order valence-electron chi connectivity index (χ1n) is 9.60. The van der Waals surface area contributed by atoms with Crippen LogP contribution in [0.2, 0.25) is 0 Å². The summed E-state index contributed by atoms with van der Waals surface area (Å²) in [5.74, 6) is 1.71. The van der Waals surface area contributed by atoms with Crippen LogP contribution in [-0.2, 0) is 4.74 Å². The summed E-state index contributed by atoms with van der Waals surface area (Å²) in [6, 6.07) is 1.85. The molecule has 26 heavy (non-hydrogen) atoms. The highest BCUT2D eigenvalue weighted by atomic mass is 16.5. The molecule has 2 rings (SSSR count). The minimum atomic E-state index is 0.795. The molecule has 0 spiro atoms. The van der Waals surface area contributed by atoms with Gasteiger partial charge < -0.3 is 20.3 Å². The van der Waals surface area contributed by atoms with Gasteiger partial charge in [-0.1, -0.05) is 0 Å². The van der Waals surface area contributed by atoms with Crippen molar-refractivity contribution in [1.29, 1.82) is 0 Å². The van der Waals surface area contributed by atoms with Crippen LogP contribution in [0.3, 0.4) is 0 Å². The molecule has 1 aliphatic heterocycles. The molecule has 1 aliphatic rings. The lowest BCUT2D eigenvalue weighted by molar-refractivity contribution is 0.143. The zero-order chi connectivity index (χ0) is 18.5. The second-order valence-electron chi connectivity index (χ2n) is 6.21. The Hall–Kier alpha value is -1.93. The molecule has 0 radical (unpaired) electrons. The van der Waals surface area contributed by atoms with Crippen molar-refractivity contribution in [2.24, 2.45) is 4.99 Å². The van der Waals surface area contributed by atoms with Gasteiger partial charge in [-0.05, 0) is 25.8 Å². The van der Waals surface area contributed by atoms with Crippen molar-refractivity contribution in [2.45, 2.75) is 19.8 Å². The third-order valence-electron chi connectivity index (χ3n) is 4.36. The number of nitrogens with zero attached hydrogens (tertiary/aromatic N) is 5. The van der Waals surface area contributed by atoms with Crippen LogP contribution in [-0.4, -0.2) is 86.9 Å². The summed E-state index contributed by atoms with van der Waals surface area (Å²) in [7, 11) is 1.81. The number of piperazine rings is 1. The number of rotatable bonds is 10. The van der Waals surface area contributed by atoms with Crippen LogP contribution in [0.5, 0.6) is 0 Å². The Kier molecular flexibility index (Phi) is 9.74. The second kappa shape index (κ2) is 12.4. The fourth-order valence-electron chi connectivity index (χ4n) is 2.86. The average Bonchev–Trinajstić information content (AvgIpc) is 2.70. The third-order valence-corrected chi connectivity index (χ3v) is 4.36. The van der Waals surface area contributed by atoms with Gasteiger partial charge in [0.05, 0.1) is 0 Å². The molecule has 8 nitrogen and oxygen atoms in total. The van der Waals surface area contributed by atoms with Gasteiger partial charge in [-0.2, -0.15) is 0 Å². The average molecular weight is 364 g/mol. The summed E-state index contributed by atoms with van der Waals surface area (Å²) in [5.41, 5.74) is 0. The monoisotopic (exact) mass is 363 g/mol. The number of aromatic nitrogens is 2. The van der Waals surface area contributed by atoms with E-state index in [9.17, 15) is 0 Å². The number of anilines is 1. The van der Waals surface area contributed by atoms with E-state index < -0.39 is 0 Å². The second-order valence-corrected chi connectivity index (χ2v) is 6.21. The Labute approximate surface area is 157 Å². The highest BCUT2D eigenvalue weighted by Crippen LogP contribution is 2.08. The predicted molar refractivity (Wildman–Crippen MR) is 106 cm³/mol. The Balaban J connectivity index is 1.55. The van der Waals surface area contributed by atoms with Gasteiger partial charge in [0, 0.05) is 78.5 Å². The molecule has 0 amide bonds. The van der Waals surface area contributed by atoms with E-state index in [1.54, 1.807) is 12.4 Å². The maximum atomic E-state index is 5.34. The van der Waals surface area contributed by atoms with E-state index in [0.29, 0.717) is 0 Å². The maximum Gasteiger partial charge on any atom is 0.225 e. The molecular formula is C18H33N7O. The minimum Gasteiger partial charge on any atom is -0.382 e. The van der Waals surface area contributed by atoms with E-state index in [4.69, 9.17) is 4.74 Å². The van der Waals surface area contributed by atoms with Crippen LogP contribution in [0.15, 0.2) is 23.5 Å². The standard InChI is InChI=1S/C18H33N7O/c1-3-26-16-5-4-7-20-17(19-2)21-10-11-24-12-14-25(15-13-24)18-22-8-6-9-23-18/h6,8-9H,3-5,7,10-16H2,1-2H3,(H2,19,20,21). The smallest absolute Gasteiger partial charge is 0.225 e.